The summed E-state index contributed by atoms with van der Waals surface area (Å²) in [6.07, 6.45) is 5.87. The van der Waals surface area contributed by atoms with E-state index in [1.165, 1.54) is 13.3 Å². The van der Waals surface area contributed by atoms with Gasteiger partial charge in [-0.25, -0.2) is 9.89 Å². The first kappa shape index (κ1) is 20.0. The van der Waals surface area contributed by atoms with Crippen molar-refractivity contribution >= 4 is 29.4 Å². The molecule has 4 aliphatic rings. The van der Waals surface area contributed by atoms with Gasteiger partial charge in [0.25, 0.3) is 5.56 Å². The van der Waals surface area contributed by atoms with Gasteiger partial charge in [0, 0.05) is 18.5 Å². The number of anilines is 1. The molecule has 1 amide bonds. The Kier molecular flexibility index (Phi) is 5.18. The Hall–Kier alpha value is -2.29. The van der Waals surface area contributed by atoms with Gasteiger partial charge in [-0.3, -0.25) is 9.59 Å². The molecule has 4 fully saturated rings. The number of nitrogens with zero attached hydrogens (tertiary/aromatic N) is 2. The number of aromatic nitrogens is 2. The van der Waals surface area contributed by atoms with Crippen molar-refractivity contribution in [1.82, 2.24) is 15.5 Å². The summed E-state index contributed by atoms with van der Waals surface area (Å²) in [5, 5.41) is 9.23. The molecule has 1 aromatic heterocycles. The van der Waals surface area contributed by atoms with Crippen LogP contribution in [0.2, 0.25) is 5.02 Å². The van der Waals surface area contributed by atoms with Gasteiger partial charge in [-0.2, -0.15) is 5.10 Å². The molecule has 1 aliphatic heterocycles. The molecule has 0 aromatic carbocycles. The molecule has 3 saturated carbocycles. The molecule has 29 heavy (non-hydrogen) atoms. The third-order valence-electron chi connectivity index (χ3n) is 6.77. The van der Waals surface area contributed by atoms with Crippen molar-refractivity contribution in [2.45, 2.75) is 56.6 Å². The van der Waals surface area contributed by atoms with Gasteiger partial charge < -0.3 is 19.7 Å². The molecule has 0 spiro atoms. The van der Waals surface area contributed by atoms with Crippen LogP contribution in [0.5, 0.6) is 0 Å². The smallest absolute Gasteiger partial charge is 0.407 e. The van der Waals surface area contributed by atoms with Gasteiger partial charge in [0.05, 0.1) is 31.0 Å². The number of alkyl carbamates (subject to hydrolysis) is 1. The Morgan fingerprint density at radius 3 is 2.62 bits per heavy atom. The average Bonchev–Trinajstić information content (AvgIpc) is 3.18. The van der Waals surface area contributed by atoms with E-state index < -0.39 is 11.7 Å². The number of esters is 1. The van der Waals surface area contributed by atoms with E-state index in [4.69, 9.17) is 21.1 Å². The first-order valence-corrected chi connectivity index (χ1v) is 10.3. The number of nitrogens with one attached hydrogen (secondary N) is 2. The van der Waals surface area contributed by atoms with Crippen LogP contribution < -0.4 is 15.8 Å². The first-order valence-electron chi connectivity index (χ1n) is 9.92. The highest BCUT2D eigenvalue weighted by molar-refractivity contribution is 6.33. The highest BCUT2D eigenvalue weighted by atomic mass is 35.5. The molecule has 1 aromatic rings. The topological polar surface area (TPSA) is 114 Å². The van der Waals surface area contributed by atoms with E-state index in [9.17, 15) is 14.4 Å². The minimum Gasteiger partial charge on any atom is -0.469 e. The summed E-state index contributed by atoms with van der Waals surface area (Å²) in [5.41, 5.74) is -0.581. The SMILES string of the molecule is COC(=O)C12CCC(NC(=O)O[C@@H]3CCN(c4cn[nH]c(=O)c4Cl)C3)(CC1)CC2. The largest absolute Gasteiger partial charge is 0.469 e. The maximum Gasteiger partial charge on any atom is 0.407 e. The van der Waals surface area contributed by atoms with Gasteiger partial charge in [0.2, 0.25) is 0 Å². The minimum absolute atomic E-state index is 0.0856. The molecular formula is C19H25ClN4O5. The van der Waals surface area contributed by atoms with Crippen molar-refractivity contribution in [1.29, 1.82) is 0 Å². The lowest BCUT2D eigenvalue weighted by molar-refractivity contribution is -0.160. The third-order valence-corrected chi connectivity index (χ3v) is 7.13. The fourth-order valence-electron chi connectivity index (χ4n) is 4.93. The summed E-state index contributed by atoms with van der Waals surface area (Å²) in [6.45, 7) is 1.08. The quantitative estimate of drug-likeness (QED) is 0.710. The second-order valence-corrected chi connectivity index (χ2v) is 8.72. The lowest BCUT2D eigenvalue weighted by Crippen LogP contribution is -2.58. The number of carbonyl (C=O) groups is 2. The fourth-order valence-corrected chi connectivity index (χ4v) is 5.14. The molecule has 0 unspecified atom stereocenters. The number of aromatic amines is 1. The zero-order valence-corrected chi connectivity index (χ0v) is 17.1. The number of carbonyl (C=O) groups excluding carboxylic acids is 2. The monoisotopic (exact) mass is 424 g/mol. The van der Waals surface area contributed by atoms with Crippen molar-refractivity contribution in [3.8, 4) is 0 Å². The van der Waals surface area contributed by atoms with Gasteiger partial charge in [-0.15, -0.1) is 0 Å². The number of halogens is 1. The number of rotatable bonds is 4. The van der Waals surface area contributed by atoms with Crippen LogP contribution in [-0.2, 0) is 14.3 Å². The lowest BCUT2D eigenvalue weighted by atomic mass is 9.57. The zero-order valence-electron chi connectivity index (χ0n) is 16.3. The molecule has 1 saturated heterocycles. The molecule has 158 valence electrons. The molecule has 2 bridgehead atoms. The van der Waals surface area contributed by atoms with E-state index in [-0.39, 0.29) is 28.0 Å². The standard InChI is InChI=1S/C19H25ClN4O5/c1-28-16(26)18-3-6-19(7-4-18,8-5-18)22-17(27)29-12-2-9-24(11-12)13-10-21-23-15(25)14(13)20/h10,12H,2-9,11H2,1H3,(H,22,27)(H,23,25)/t12-,18?,19?/m1/s1. The van der Waals surface area contributed by atoms with E-state index in [0.717, 1.165) is 38.5 Å². The normalized spacial score (nSPS) is 30.8. The lowest BCUT2D eigenvalue weighted by Gasteiger charge is -2.51. The molecule has 10 heteroatoms. The van der Waals surface area contributed by atoms with Crippen LogP contribution in [0.3, 0.4) is 0 Å². The van der Waals surface area contributed by atoms with E-state index in [2.05, 4.69) is 15.5 Å². The van der Waals surface area contributed by atoms with Crippen LogP contribution in [0.15, 0.2) is 11.0 Å². The predicted molar refractivity (Wildman–Crippen MR) is 105 cm³/mol. The summed E-state index contributed by atoms with van der Waals surface area (Å²) >= 11 is 6.06. The van der Waals surface area contributed by atoms with Crippen molar-refractivity contribution in [3.63, 3.8) is 0 Å². The van der Waals surface area contributed by atoms with E-state index >= 15 is 0 Å². The number of amides is 1. The Morgan fingerprint density at radius 2 is 1.97 bits per heavy atom. The molecule has 9 nitrogen and oxygen atoms in total. The summed E-state index contributed by atoms with van der Waals surface area (Å²) in [6, 6.07) is 0. The molecule has 3 aliphatic carbocycles. The second-order valence-electron chi connectivity index (χ2n) is 8.34. The van der Waals surface area contributed by atoms with Gasteiger partial charge in [-0.05, 0) is 38.5 Å². The number of hydrogen-bond acceptors (Lipinski definition) is 7. The zero-order chi connectivity index (χ0) is 20.6. The molecule has 1 atom stereocenters. The Bertz CT molecular complexity index is 848. The maximum atomic E-state index is 12.5. The number of methoxy groups -OCH3 is 1. The van der Waals surface area contributed by atoms with Crippen molar-refractivity contribution in [3.05, 3.63) is 21.6 Å². The summed E-state index contributed by atoms with van der Waals surface area (Å²) < 4.78 is 10.6. The molecule has 5 rings (SSSR count). The number of H-pyrrole nitrogens is 1. The molecular weight excluding hydrogens is 400 g/mol. The average molecular weight is 425 g/mol. The highest BCUT2D eigenvalue weighted by Crippen LogP contribution is 2.52. The maximum absolute atomic E-state index is 12.5. The Balaban J connectivity index is 1.32. The van der Waals surface area contributed by atoms with Gasteiger partial charge >= 0.3 is 12.1 Å². The second kappa shape index (κ2) is 7.51. The summed E-state index contributed by atoms with van der Waals surface area (Å²) in [7, 11) is 1.43. The summed E-state index contributed by atoms with van der Waals surface area (Å²) in [4.78, 5) is 38.2. The van der Waals surface area contributed by atoms with Crippen LogP contribution in [-0.4, -0.2) is 54.1 Å². The van der Waals surface area contributed by atoms with Crippen molar-refractivity contribution < 1.29 is 19.1 Å². The van der Waals surface area contributed by atoms with Crippen LogP contribution in [0, 0.1) is 5.41 Å². The van der Waals surface area contributed by atoms with Crippen LogP contribution in [0.4, 0.5) is 10.5 Å². The Labute approximate surface area is 173 Å². The van der Waals surface area contributed by atoms with E-state index in [0.29, 0.717) is 25.2 Å². The van der Waals surface area contributed by atoms with Crippen LogP contribution in [0.25, 0.3) is 0 Å². The van der Waals surface area contributed by atoms with Crippen molar-refractivity contribution in [2.24, 2.45) is 5.41 Å². The number of ether oxygens (including phenoxy) is 2. The van der Waals surface area contributed by atoms with Crippen molar-refractivity contribution in [2.75, 3.05) is 25.1 Å². The third kappa shape index (κ3) is 3.68. The van der Waals surface area contributed by atoms with E-state index in [1.807, 2.05) is 4.90 Å². The summed E-state index contributed by atoms with van der Waals surface area (Å²) in [5.74, 6) is -0.132. The Morgan fingerprint density at radius 1 is 1.28 bits per heavy atom. The molecule has 2 N–H and O–H groups in total. The van der Waals surface area contributed by atoms with Gasteiger partial charge in [0.1, 0.15) is 11.1 Å². The minimum atomic E-state index is -0.442. The fraction of sp³-hybridized carbons (Fsp3) is 0.684. The number of hydrogen-bond donors (Lipinski definition) is 2. The molecule has 0 radical (unpaired) electrons. The molecule has 2 heterocycles. The number of fused-ring (bicyclic) bond motifs is 3. The van der Waals surface area contributed by atoms with Gasteiger partial charge in [-0.1, -0.05) is 11.6 Å². The van der Waals surface area contributed by atoms with Crippen LogP contribution >= 0.6 is 11.6 Å². The van der Waals surface area contributed by atoms with Crippen LogP contribution in [0.1, 0.15) is 44.9 Å². The predicted octanol–water partition coefficient (Wildman–Crippen LogP) is 1.99. The highest BCUT2D eigenvalue weighted by Gasteiger charge is 2.53. The van der Waals surface area contributed by atoms with E-state index in [1.54, 1.807) is 0 Å². The first-order chi connectivity index (χ1) is 13.9. The van der Waals surface area contributed by atoms with Gasteiger partial charge in [0.15, 0.2) is 0 Å².